The molecule has 0 aliphatic carbocycles. The van der Waals surface area contributed by atoms with Crippen LogP contribution in [0.25, 0.3) is 11.1 Å². The van der Waals surface area contributed by atoms with E-state index in [9.17, 15) is 0 Å². The maximum absolute atomic E-state index is 5.14. The Kier molecular flexibility index (Phi) is 5.29. The molecule has 1 N–H and O–H groups in total. The van der Waals surface area contributed by atoms with Crippen LogP contribution in [0.2, 0.25) is 0 Å². The Bertz CT molecular complexity index is 533. The van der Waals surface area contributed by atoms with E-state index in [1.165, 1.54) is 19.2 Å². The van der Waals surface area contributed by atoms with Gasteiger partial charge < -0.3 is 14.7 Å². The molecule has 0 saturated carbocycles. The SMILES string of the molecule is CCCN(CCC)CCNc1ncnc2onc(C)c12. The molecule has 0 saturated heterocycles. The summed E-state index contributed by atoms with van der Waals surface area (Å²) in [6, 6.07) is 0. The second kappa shape index (κ2) is 7.19. The van der Waals surface area contributed by atoms with Crippen LogP contribution in [0.3, 0.4) is 0 Å². The zero-order valence-electron chi connectivity index (χ0n) is 12.5. The molecular weight excluding hydrogens is 254 g/mol. The Labute approximate surface area is 119 Å². The van der Waals surface area contributed by atoms with E-state index >= 15 is 0 Å². The summed E-state index contributed by atoms with van der Waals surface area (Å²) < 4.78 is 5.14. The number of anilines is 1. The van der Waals surface area contributed by atoms with Crippen LogP contribution in [0.5, 0.6) is 0 Å². The van der Waals surface area contributed by atoms with Crippen molar-refractivity contribution in [3.05, 3.63) is 12.0 Å². The number of rotatable bonds is 8. The second-order valence-corrected chi connectivity index (χ2v) is 4.94. The van der Waals surface area contributed by atoms with Crippen LogP contribution < -0.4 is 5.32 Å². The van der Waals surface area contributed by atoms with Gasteiger partial charge in [0.05, 0.1) is 5.69 Å². The summed E-state index contributed by atoms with van der Waals surface area (Å²) in [5.74, 6) is 0.807. The van der Waals surface area contributed by atoms with Gasteiger partial charge >= 0.3 is 0 Å². The number of fused-ring (bicyclic) bond motifs is 1. The Morgan fingerprint density at radius 3 is 2.60 bits per heavy atom. The topological polar surface area (TPSA) is 67.1 Å². The van der Waals surface area contributed by atoms with Gasteiger partial charge in [-0.3, -0.25) is 0 Å². The molecule has 0 unspecified atom stereocenters. The van der Waals surface area contributed by atoms with Gasteiger partial charge in [-0.05, 0) is 32.9 Å². The highest BCUT2D eigenvalue weighted by Gasteiger charge is 2.11. The first-order valence-corrected chi connectivity index (χ1v) is 7.29. The van der Waals surface area contributed by atoms with Crippen LogP contribution in [0.4, 0.5) is 5.82 Å². The zero-order chi connectivity index (χ0) is 14.4. The predicted molar refractivity (Wildman–Crippen MR) is 79.8 cm³/mol. The third-order valence-electron chi connectivity index (χ3n) is 3.24. The maximum Gasteiger partial charge on any atom is 0.263 e. The molecule has 2 rings (SSSR count). The van der Waals surface area contributed by atoms with Crippen molar-refractivity contribution in [3.63, 3.8) is 0 Å². The van der Waals surface area contributed by atoms with Crippen molar-refractivity contribution in [2.75, 3.05) is 31.5 Å². The third kappa shape index (κ3) is 3.45. The molecule has 0 fully saturated rings. The summed E-state index contributed by atoms with van der Waals surface area (Å²) in [5.41, 5.74) is 1.36. The minimum absolute atomic E-state index is 0.541. The fourth-order valence-corrected chi connectivity index (χ4v) is 2.36. The highest BCUT2D eigenvalue weighted by molar-refractivity contribution is 5.87. The summed E-state index contributed by atoms with van der Waals surface area (Å²) in [6.07, 6.45) is 3.87. The van der Waals surface area contributed by atoms with Gasteiger partial charge in [-0.25, -0.2) is 4.98 Å². The summed E-state index contributed by atoms with van der Waals surface area (Å²) >= 11 is 0. The monoisotopic (exact) mass is 277 g/mol. The Morgan fingerprint density at radius 1 is 1.15 bits per heavy atom. The van der Waals surface area contributed by atoms with Gasteiger partial charge in [0.15, 0.2) is 0 Å². The van der Waals surface area contributed by atoms with Gasteiger partial charge in [-0.1, -0.05) is 19.0 Å². The standard InChI is InChI=1S/C14H23N5O/c1-4-7-19(8-5-2)9-6-15-13-12-11(3)18-20-14(12)17-10-16-13/h10H,4-9H2,1-3H3,(H,15,16,17). The maximum atomic E-state index is 5.14. The summed E-state index contributed by atoms with van der Waals surface area (Å²) in [7, 11) is 0. The molecule has 6 nitrogen and oxygen atoms in total. The molecule has 110 valence electrons. The van der Waals surface area contributed by atoms with Crippen molar-refractivity contribution in [2.45, 2.75) is 33.6 Å². The predicted octanol–water partition coefficient (Wildman–Crippen LogP) is 2.46. The number of hydrogen-bond acceptors (Lipinski definition) is 6. The van der Waals surface area contributed by atoms with Gasteiger partial charge in [0.2, 0.25) is 0 Å². The van der Waals surface area contributed by atoms with Crippen molar-refractivity contribution in [1.29, 1.82) is 0 Å². The van der Waals surface area contributed by atoms with Crippen LogP contribution in [0.1, 0.15) is 32.4 Å². The van der Waals surface area contributed by atoms with E-state index in [1.54, 1.807) is 0 Å². The van der Waals surface area contributed by atoms with Crippen LogP contribution in [-0.4, -0.2) is 46.2 Å². The molecular formula is C14H23N5O. The van der Waals surface area contributed by atoms with Gasteiger partial charge in [0.25, 0.3) is 5.71 Å². The van der Waals surface area contributed by atoms with Gasteiger partial charge in [-0.15, -0.1) is 0 Å². The van der Waals surface area contributed by atoms with Crippen molar-refractivity contribution >= 4 is 16.9 Å². The molecule has 0 amide bonds. The third-order valence-corrected chi connectivity index (χ3v) is 3.24. The smallest absolute Gasteiger partial charge is 0.263 e. The quantitative estimate of drug-likeness (QED) is 0.799. The number of nitrogens with zero attached hydrogens (tertiary/aromatic N) is 4. The van der Waals surface area contributed by atoms with Gasteiger partial charge in [0, 0.05) is 13.1 Å². The Morgan fingerprint density at radius 2 is 1.90 bits per heavy atom. The van der Waals surface area contributed by atoms with E-state index in [4.69, 9.17) is 4.52 Å². The lowest BCUT2D eigenvalue weighted by Crippen LogP contribution is -2.30. The molecule has 0 aliphatic rings. The molecule has 6 heteroatoms. The lowest BCUT2D eigenvalue weighted by molar-refractivity contribution is 0.285. The lowest BCUT2D eigenvalue weighted by atomic mass is 10.3. The van der Waals surface area contributed by atoms with E-state index in [-0.39, 0.29) is 0 Å². The molecule has 0 atom stereocenters. The van der Waals surface area contributed by atoms with Crippen LogP contribution >= 0.6 is 0 Å². The van der Waals surface area contributed by atoms with Crippen LogP contribution in [-0.2, 0) is 0 Å². The molecule has 2 aromatic rings. The fourth-order valence-electron chi connectivity index (χ4n) is 2.36. The Hall–Kier alpha value is -1.69. The van der Waals surface area contributed by atoms with Gasteiger partial charge in [0.1, 0.15) is 17.5 Å². The van der Waals surface area contributed by atoms with Crippen molar-refractivity contribution < 1.29 is 4.52 Å². The van der Waals surface area contributed by atoms with E-state index in [1.807, 2.05) is 6.92 Å². The lowest BCUT2D eigenvalue weighted by Gasteiger charge is -2.21. The van der Waals surface area contributed by atoms with Gasteiger partial charge in [-0.2, -0.15) is 4.98 Å². The second-order valence-electron chi connectivity index (χ2n) is 4.94. The molecule has 0 aromatic carbocycles. The molecule has 0 spiro atoms. The highest BCUT2D eigenvalue weighted by atomic mass is 16.5. The number of hydrogen-bond donors (Lipinski definition) is 1. The zero-order valence-corrected chi connectivity index (χ0v) is 12.5. The highest BCUT2D eigenvalue weighted by Crippen LogP contribution is 2.21. The van der Waals surface area contributed by atoms with E-state index < -0.39 is 0 Å². The molecule has 2 aromatic heterocycles. The van der Waals surface area contributed by atoms with Crippen molar-refractivity contribution in [1.82, 2.24) is 20.0 Å². The van der Waals surface area contributed by atoms with Crippen molar-refractivity contribution in [2.24, 2.45) is 0 Å². The average molecular weight is 277 g/mol. The molecule has 0 aliphatic heterocycles. The first kappa shape index (κ1) is 14.7. The number of nitrogens with one attached hydrogen (secondary N) is 1. The largest absolute Gasteiger partial charge is 0.368 e. The summed E-state index contributed by atoms with van der Waals surface area (Å²) in [6.45, 7) is 10.5. The molecule has 20 heavy (non-hydrogen) atoms. The number of aryl methyl sites for hydroxylation is 1. The molecule has 2 heterocycles. The normalized spacial score (nSPS) is 11.4. The average Bonchev–Trinajstić information content (AvgIpc) is 2.82. The van der Waals surface area contributed by atoms with Crippen LogP contribution in [0, 0.1) is 6.92 Å². The van der Waals surface area contributed by atoms with E-state index in [2.05, 4.69) is 39.2 Å². The Balaban J connectivity index is 1.97. The van der Waals surface area contributed by atoms with E-state index in [0.717, 1.165) is 43.1 Å². The fraction of sp³-hybridized carbons (Fsp3) is 0.643. The summed E-state index contributed by atoms with van der Waals surface area (Å²) in [4.78, 5) is 10.8. The first-order chi connectivity index (χ1) is 9.76. The molecule has 0 bridgehead atoms. The van der Waals surface area contributed by atoms with Crippen molar-refractivity contribution in [3.8, 4) is 0 Å². The first-order valence-electron chi connectivity index (χ1n) is 7.29. The summed E-state index contributed by atoms with van der Waals surface area (Å²) in [5, 5.41) is 8.18. The number of aromatic nitrogens is 3. The van der Waals surface area contributed by atoms with E-state index in [0.29, 0.717) is 5.71 Å². The minimum Gasteiger partial charge on any atom is -0.368 e. The minimum atomic E-state index is 0.541. The van der Waals surface area contributed by atoms with Crippen LogP contribution in [0.15, 0.2) is 10.9 Å². The molecule has 0 radical (unpaired) electrons.